The van der Waals surface area contributed by atoms with Gasteiger partial charge in [0.25, 0.3) is 0 Å². The minimum Gasteiger partial charge on any atom is -0.369 e. The first-order valence-corrected chi connectivity index (χ1v) is 9.69. The SMILES string of the molecule is Cc1cccc(N2CCN(CCCNC(=O)C3CCC(N)C3)CC2)c1.Cl.Cl.Cl. The van der Waals surface area contributed by atoms with Crippen LogP contribution in [0.1, 0.15) is 31.2 Å². The highest BCUT2D eigenvalue weighted by atomic mass is 35.5. The lowest BCUT2D eigenvalue weighted by Gasteiger charge is -2.36. The lowest BCUT2D eigenvalue weighted by Crippen LogP contribution is -2.47. The summed E-state index contributed by atoms with van der Waals surface area (Å²) in [7, 11) is 0. The first-order valence-electron chi connectivity index (χ1n) is 9.69. The van der Waals surface area contributed by atoms with Crippen LogP contribution >= 0.6 is 37.2 Å². The van der Waals surface area contributed by atoms with Gasteiger partial charge in [0.15, 0.2) is 0 Å². The highest BCUT2D eigenvalue weighted by Gasteiger charge is 2.27. The van der Waals surface area contributed by atoms with Gasteiger partial charge in [-0.1, -0.05) is 12.1 Å². The summed E-state index contributed by atoms with van der Waals surface area (Å²) >= 11 is 0. The van der Waals surface area contributed by atoms with Gasteiger partial charge >= 0.3 is 0 Å². The fraction of sp³-hybridized carbons (Fsp3) is 0.650. The summed E-state index contributed by atoms with van der Waals surface area (Å²) in [6.45, 7) is 8.34. The Bertz CT molecular complexity index is 582. The summed E-state index contributed by atoms with van der Waals surface area (Å²) in [6.07, 6.45) is 3.82. The third-order valence-corrected chi connectivity index (χ3v) is 5.53. The van der Waals surface area contributed by atoms with Crippen LogP contribution in [0.25, 0.3) is 0 Å². The number of nitrogens with zero attached hydrogens (tertiary/aromatic N) is 2. The Morgan fingerprint density at radius 1 is 1.14 bits per heavy atom. The quantitative estimate of drug-likeness (QED) is 0.650. The van der Waals surface area contributed by atoms with E-state index in [2.05, 4.69) is 46.3 Å². The first-order chi connectivity index (χ1) is 12.1. The van der Waals surface area contributed by atoms with Crippen LogP contribution in [0.15, 0.2) is 24.3 Å². The number of nitrogens with two attached hydrogens (primary N) is 1. The molecule has 3 rings (SSSR count). The van der Waals surface area contributed by atoms with E-state index in [0.29, 0.717) is 0 Å². The van der Waals surface area contributed by atoms with Crippen LogP contribution in [0.2, 0.25) is 0 Å². The standard InChI is InChI=1S/C20H32N4O.3ClH/c1-16-4-2-5-19(14-16)24-12-10-23(11-13-24)9-3-8-22-20(25)17-6-7-18(21)15-17;;;/h2,4-5,14,17-18H,3,6-13,15,21H2,1H3,(H,22,25);3*1H. The van der Waals surface area contributed by atoms with E-state index in [4.69, 9.17) is 5.73 Å². The predicted molar refractivity (Wildman–Crippen MR) is 125 cm³/mol. The van der Waals surface area contributed by atoms with Crippen molar-refractivity contribution >= 4 is 48.8 Å². The molecule has 28 heavy (non-hydrogen) atoms. The summed E-state index contributed by atoms with van der Waals surface area (Å²) in [5, 5.41) is 3.09. The molecule has 1 aliphatic carbocycles. The lowest BCUT2D eigenvalue weighted by molar-refractivity contribution is -0.124. The monoisotopic (exact) mass is 452 g/mol. The predicted octanol–water partition coefficient (Wildman–Crippen LogP) is 3.02. The van der Waals surface area contributed by atoms with Crippen molar-refractivity contribution in [1.82, 2.24) is 10.2 Å². The maximum Gasteiger partial charge on any atom is 0.223 e. The number of anilines is 1. The number of hydrogen-bond acceptors (Lipinski definition) is 4. The fourth-order valence-corrected chi connectivity index (χ4v) is 3.97. The maximum absolute atomic E-state index is 12.1. The topological polar surface area (TPSA) is 61.6 Å². The Hall–Kier alpha value is -0.720. The van der Waals surface area contributed by atoms with Gasteiger partial charge in [-0.2, -0.15) is 0 Å². The summed E-state index contributed by atoms with van der Waals surface area (Å²) in [6, 6.07) is 8.97. The van der Waals surface area contributed by atoms with Gasteiger partial charge in [-0.3, -0.25) is 9.69 Å². The largest absolute Gasteiger partial charge is 0.369 e. The van der Waals surface area contributed by atoms with Crippen LogP contribution in [0.3, 0.4) is 0 Å². The van der Waals surface area contributed by atoms with E-state index in [1.807, 2.05) is 0 Å². The van der Waals surface area contributed by atoms with Crippen LogP contribution in [-0.4, -0.2) is 56.1 Å². The molecule has 5 nitrogen and oxygen atoms in total. The Morgan fingerprint density at radius 2 is 1.86 bits per heavy atom. The molecule has 1 aromatic rings. The van der Waals surface area contributed by atoms with Crippen LogP contribution in [0, 0.1) is 12.8 Å². The number of carbonyl (C=O) groups excluding carboxylic acids is 1. The number of aryl methyl sites for hydroxylation is 1. The highest BCUT2D eigenvalue weighted by Crippen LogP contribution is 2.24. The van der Waals surface area contributed by atoms with Gasteiger partial charge in [0, 0.05) is 50.4 Å². The molecular formula is C20H35Cl3N4O. The Morgan fingerprint density at radius 3 is 2.46 bits per heavy atom. The second kappa shape index (κ2) is 13.5. The Balaban J connectivity index is 0.00000243. The van der Waals surface area contributed by atoms with E-state index in [-0.39, 0.29) is 55.1 Å². The molecule has 1 heterocycles. The summed E-state index contributed by atoms with van der Waals surface area (Å²) in [4.78, 5) is 17.1. The maximum atomic E-state index is 12.1. The minimum absolute atomic E-state index is 0. The average molecular weight is 454 g/mol. The van der Waals surface area contributed by atoms with Crippen molar-refractivity contribution in [3.63, 3.8) is 0 Å². The van der Waals surface area contributed by atoms with Gasteiger partial charge < -0.3 is 16.0 Å². The van der Waals surface area contributed by atoms with E-state index in [1.54, 1.807) is 0 Å². The van der Waals surface area contributed by atoms with Crippen molar-refractivity contribution < 1.29 is 4.79 Å². The summed E-state index contributed by atoms with van der Waals surface area (Å²) in [5.41, 5.74) is 8.54. The zero-order valence-electron chi connectivity index (χ0n) is 16.6. The van der Waals surface area contributed by atoms with Gasteiger partial charge in [0.2, 0.25) is 5.91 Å². The van der Waals surface area contributed by atoms with Gasteiger partial charge in [-0.25, -0.2) is 0 Å². The number of nitrogens with one attached hydrogen (secondary N) is 1. The number of carbonyl (C=O) groups is 1. The van der Waals surface area contributed by atoms with E-state index in [9.17, 15) is 4.79 Å². The molecule has 1 amide bonds. The highest BCUT2D eigenvalue weighted by molar-refractivity contribution is 5.86. The molecule has 0 bridgehead atoms. The second-order valence-corrected chi connectivity index (χ2v) is 7.58. The molecule has 3 N–H and O–H groups in total. The van der Waals surface area contributed by atoms with E-state index < -0.39 is 0 Å². The number of benzene rings is 1. The van der Waals surface area contributed by atoms with Crippen molar-refractivity contribution in [2.75, 3.05) is 44.2 Å². The second-order valence-electron chi connectivity index (χ2n) is 7.58. The number of halogens is 3. The van der Waals surface area contributed by atoms with E-state index in [1.165, 1.54) is 11.3 Å². The fourth-order valence-electron chi connectivity index (χ4n) is 3.97. The summed E-state index contributed by atoms with van der Waals surface area (Å²) < 4.78 is 0. The van der Waals surface area contributed by atoms with Crippen molar-refractivity contribution in [2.45, 2.75) is 38.6 Å². The third kappa shape index (κ3) is 7.96. The van der Waals surface area contributed by atoms with E-state index >= 15 is 0 Å². The molecular weight excluding hydrogens is 419 g/mol. The molecule has 0 radical (unpaired) electrons. The molecule has 1 saturated carbocycles. The van der Waals surface area contributed by atoms with Crippen LogP contribution in [0.4, 0.5) is 5.69 Å². The van der Waals surface area contributed by atoms with Gasteiger partial charge in [0.05, 0.1) is 0 Å². The van der Waals surface area contributed by atoms with Crippen LogP contribution in [0.5, 0.6) is 0 Å². The molecule has 162 valence electrons. The Labute approximate surface area is 188 Å². The molecule has 0 aromatic heterocycles. The zero-order chi connectivity index (χ0) is 17.6. The van der Waals surface area contributed by atoms with Gasteiger partial charge in [-0.15, -0.1) is 37.2 Å². The zero-order valence-corrected chi connectivity index (χ0v) is 19.1. The normalized spacial score (nSPS) is 21.9. The minimum atomic E-state index is 0. The van der Waals surface area contributed by atoms with Gasteiger partial charge in [-0.05, 0) is 56.8 Å². The van der Waals surface area contributed by atoms with Crippen molar-refractivity contribution in [3.8, 4) is 0 Å². The molecule has 0 spiro atoms. The molecule has 2 aliphatic rings. The molecule has 2 fully saturated rings. The molecule has 1 aliphatic heterocycles. The van der Waals surface area contributed by atoms with Crippen molar-refractivity contribution in [2.24, 2.45) is 11.7 Å². The van der Waals surface area contributed by atoms with Gasteiger partial charge in [0.1, 0.15) is 0 Å². The average Bonchev–Trinajstić information content (AvgIpc) is 3.06. The number of rotatable bonds is 6. The molecule has 1 aromatic carbocycles. The van der Waals surface area contributed by atoms with Crippen LogP contribution in [-0.2, 0) is 4.79 Å². The van der Waals surface area contributed by atoms with Crippen molar-refractivity contribution in [3.05, 3.63) is 29.8 Å². The molecule has 8 heteroatoms. The smallest absolute Gasteiger partial charge is 0.223 e. The Kier molecular flexibility index (Phi) is 13.1. The molecule has 2 unspecified atom stereocenters. The first kappa shape index (κ1) is 27.3. The van der Waals surface area contributed by atoms with Crippen molar-refractivity contribution in [1.29, 1.82) is 0 Å². The lowest BCUT2D eigenvalue weighted by atomic mass is 10.1. The number of hydrogen-bond donors (Lipinski definition) is 2. The molecule has 2 atom stereocenters. The number of amides is 1. The summed E-state index contributed by atoms with van der Waals surface area (Å²) in [5.74, 6) is 0.352. The molecule has 1 saturated heterocycles. The van der Waals surface area contributed by atoms with E-state index in [0.717, 1.165) is 65.0 Å². The third-order valence-electron chi connectivity index (χ3n) is 5.53. The van der Waals surface area contributed by atoms with Crippen LogP contribution < -0.4 is 16.0 Å². The number of piperazine rings is 1.